The number of nitrogens with zero attached hydrogens (tertiary/aromatic N) is 1. The molecule has 0 aliphatic rings. The van der Waals surface area contributed by atoms with Gasteiger partial charge in [-0.25, -0.2) is 0 Å². The van der Waals surface area contributed by atoms with Crippen molar-refractivity contribution < 1.29 is 9.53 Å². The zero-order chi connectivity index (χ0) is 14.7. The molecule has 0 fully saturated rings. The number of anilines is 2. The van der Waals surface area contributed by atoms with Gasteiger partial charge in [0.2, 0.25) is 0 Å². The number of carbonyl (C=O) groups excluding carboxylic acids is 1. The van der Waals surface area contributed by atoms with Gasteiger partial charge in [0, 0.05) is 0 Å². The van der Waals surface area contributed by atoms with E-state index in [-0.39, 0.29) is 20.5 Å². The van der Waals surface area contributed by atoms with Crippen molar-refractivity contribution in [2.24, 2.45) is 0 Å². The normalized spacial score (nSPS) is 10.5. The molecule has 0 spiro atoms. The second kappa shape index (κ2) is 6.12. The molecule has 2 heterocycles. The number of benzene rings is 1. The Morgan fingerprint density at radius 3 is 2.76 bits per heavy atom. The van der Waals surface area contributed by atoms with Crippen molar-refractivity contribution in [1.82, 2.24) is 4.98 Å². The second-order valence-corrected chi connectivity index (χ2v) is 6.59. The van der Waals surface area contributed by atoms with E-state index in [9.17, 15) is 4.79 Å². The number of pyridine rings is 1. The number of carbonyl (C=O) groups is 1. The van der Waals surface area contributed by atoms with Crippen LogP contribution in [-0.4, -0.2) is 32.1 Å². The summed E-state index contributed by atoms with van der Waals surface area (Å²) >= 11 is -0.0296. The van der Waals surface area contributed by atoms with E-state index in [0.29, 0.717) is 6.61 Å². The van der Waals surface area contributed by atoms with Crippen LogP contribution >= 0.6 is 0 Å². The van der Waals surface area contributed by atoms with Crippen LogP contribution in [0.5, 0.6) is 0 Å². The molecule has 4 nitrogen and oxygen atoms in total. The molecule has 0 bridgehead atoms. The van der Waals surface area contributed by atoms with Crippen molar-refractivity contribution in [1.29, 1.82) is 0 Å². The molecule has 106 valence electrons. The van der Waals surface area contributed by atoms with Crippen LogP contribution < -0.4 is 5.32 Å². The fraction of sp³-hybridized carbons (Fsp3) is 0.125. The topological polar surface area (TPSA) is 51.2 Å². The van der Waals surface area contributed by atoms with Crippen LogP contribution in [0, 0.1) is 0 Å². The molecule has 1 N–H and O–H groups in total. The summed E-state index contributed by atoms with van der Waals surface area (Å²) in [6.45, 7) is 2.21. The van der Waals surface area contributed by atoms with Crippen LogP contribution in [0.15, 0.2) is 48.8 Å². The van der Waals surface area contributed by atoms with E-state index in [2.05, 4.69) is 16.4 Å². The van der Waals surface area contributed by atoms with Gasteiger partial charge in [0.1, 0.15) is 0 Å². The molecule has 0 aliphatic heterocycles. The van der Waals surface area contributed by atoms with Gasteiger partial charge in [-0.3, -0.25) is 0 Å². The van der Waals surface area contributed by atoms with Gasteiger partial charge in [-0.2, -0.15) is 0 Å². The summed E-state index contributed by atoms with van der Waals surface area (Å²) in [5.41, 5.74) is 1.77. The molecular weight excluding hydrogens is 331 g/mol. The van der Waals surface area contributed by atoms with Gasteiger partial charge in [-0.15, -0.1) is 0 Å². The van der Waals surface area contributed by atoms with Crippen LogP contribution in [-0.2, 0) is 4.74 Å². The second-order valence-electron chi connectivity index (χ2n) is 4.38. The maximum atomic E-state index is 12.2. The van der Waals surface area contributed by atoms with Crippen molar-refractivity contribution in [2.75, 3.05) is 11.9 Å². The third-order valence-corrected chi connectivity index (χ3v) is 5.42. The minimum absolute atomic E-state index is 0.0296. The minimum atomic E-state index is -0.231. The Morgan fingerprint density at radius 1 is 1.24 bits per heavy atom. The monoisotopic (exact) mass is 346 g/mol. The number of hydrogen-bond donors (Lipinski definition) is 1. The molecule has 0 amide bonds. The summed E-state index contributed by atoms with van der Waals surface area (Å²) in [5.74, 6) is -0.231. The molecule has 3 aromatic rings. The number of aromatic nitrogens is 1. The molecule has 0 aliphatic carbocycles. The third kappa shape index (κ3) is 2.84. The summed E-state index contributed by atoms with van der Waals surface area (Å²) in [5, 5.41) is 4.42. The molecule has 0 radical (unpaired) electrons. The van der Waals surface area contributed by atoms with Crippen LogP contribution in [0.25, 0.3) is 9.65 Å². The number of rotatable bonds is 4. The number of fused-ring (bicyclic) bond motifs is 1. The predicted octanol–water partition coefficient (Wildman–Crippen LogP) is 3.21. The van der Waals surface area contributed by atoms with Crippen LogP contribution in [0.3, 0.4) is 0 Å². The van der Waals surface area contributed by atoms with E-state index in [1.165, 1.54) is 4.26 Å². The average molecular weight is 345 g/mol. The fourth-order valence-electron chi connectivity index (χ4n) is 2.09. The molecule has 5 heteroatoms. The Balaban J connectivity index is 2.09. The summed E-state index contributed by atoms with van der Waals surface area (Å²) in [4.78, 5) is 16.2. The van der Waals surface area contributed by atoms with Crippen molar-refractivity contribution in [3.05, 3.63) is 53.2 Å². The summed E-state index contributed by atoms with van der Waals surface area (Å²) in [6.07, 6.45) is 3.44. The van der Waals surface area contributed by atoms with E-state index in [1.54, 1.807) is 12.4 Å². The van der Waals surface area contributed by atoms with Gasteiger partial charge in [0.25, 0.3) is 0 Å². The van der Waals surface area contributed by atoms with Gasteiger partial charge in [0.15, 0.2) is 0 Å². The first-order chi connectivity index (χ1) is 10.3. The zero-order valence-electron chi connectivity index (χ0n) is 11.5. The van der Waals surface area contributed by atoms with E-state index in [0.717, 1.165) is 21.2 Å². The summed E-state index contributed by atoms with van der Waals surface area (Å²) in [6, 6.07) is 11.8. The Kier molecular flexibility index (Phi) is 4.04. The molecule has 0 saturated heterocycles. The SMILES string of the molecule is CCOC(=O)c1[se]c2ccccc2c1Nc1ccncc1. The fourth-order valence-corrected chi connectivity index (χ4v) is 4.30. The maximum absolute atomic E-state index is 12.2. The average Bonchev–Trinajstić information content (AvgIpc) is 2.88. The zero-order valence-corrected chi connectivity index (χ0v) is 13.2. The van der Waals surface area contributed by atoms with Gasteiger partial charge >= 0.3 is 128 Å². The van der Waals surface area contributed by atoms with Gasteiger partial charge in [-0.1, -0.05) is 0 Å². The van der Waals surface area contributed by atoms with E-state index in [4.69, 9.17) is 4.74 Å². The van der Waals surface area contributed by atoms with Crippen LogP contribution in [0.4, 0.5) is 11.4 Å². The Labute approximate surface area is 128 Å². The van der Waals surface area contributed by atoms with Gasteiger partial charge in [-0.05, 0) is 0 Å². The predicted molar refractivity (Wildman–Crippen MR) is 84.4 cm³/mol. The van der Waals surface area contributed by atoms with Gasteiger partial charge in [0.05, 0.1) is 0 Å². The summed E-state index contributed by atoms with van der Waals surface area (Å²) in [7, 11) is 0. The van der Waals surface area contributed by atoms with Crippen molar-refractivity contribution >= 4 is 41.5 Å². The van der Waals surface area contributed by atoms with Crippen molar-refractivity contribution in [3.8, 4) is 0 Å². The number of esters is 1. The molecule has 0 unspecified atom stereocenters. The van der Waals surface area contributed by atoms with E-state index in [1.807, 2.05) is 37.3 Å². The van der Waals surface area contributed by atoms with Crippen LogP contribution in [0.2, 0.25) is 0 Å². The number of nitrogens with one attached hydrogen (secondary N) is 1. The number of ether oxygens (including phenoxy) is 1. The molecular formula is C16H14N2O2Se. The first kappa shape index (κ1) is 13.9. The quantitative estimate of drug-likeness (QED) is 0.583. The first-order valence-electron chi connectivity index (χ1n) is 6.65. The standard InChI is InChI=1S/C16H14N2O2Se/c1-2-20-16(19)15-14(18-11-7-9-17-10-8-11)12-5-3-4-6-13(12)21-15/h3-10H,2H2,1H3,(H,17,18). The van der Waals surface area contributed by atoms with Gasteiger partial charge < -0.3 is 0 Å². The van der Waals surface area contributed by atoms with Crippen molar-refractivity contribution in [2.45, 2.75) is 6.92 Å². The third-order valence-electron chi connectivity index (χ3n) is 3.01. The Hall–Kier alpha value is -2.10. The summed E-state index contributed by atoms with van der Waals surface area (Å²) < 4.78 is 7.13. The molecule has 21 heavy (non-hydrogen) atoms. The first-order valence-corrected chi connectivity index (χ1v) is 8.36. The molecule has 3 rings (SSSR count). The molecule has 0 atom stereocenters. The Morgan fingerprint density at radius 2 is 2.00 bits per heavy atom. The van der Waals surface area contributed by atoms with Crippen molar-refractivity contribution in [3.63, 3.8) is 0 Å². The van der Waals surface area contributed by atoms with Crippen LogP contribution in [0.1, 0.15) is 16.2 Å². The number of hydrogen-bond acceptors (Lipinski definition) is 4. The molecule has 2 aromatic heterocycles. The van der Waals surface area contributed by atoms with E-state index < -0.39 is 0 Å². The Bertz CT molecular complexity index is 768. The van der Waals surface area contributed by atoms with E-state index >= 15 is 0 Å². The molecule has 1 aromatic carbocycles. The molecule has 0 saturated carbocycles.